The highest BCUT2D eigenvalue weighted by Crippen LogP contribution is 2.25. The minimum Gasteiger partial charge on any atom is -0.312 e. The Bertz CT molecular complexity index is 564. The summed E-state index contributed by atoms with van der Waals surface area (Å²) in [7, 11) is 2.06. The average molecular weight is 280 g/mol. The summed E-state index contributed by atoms with van der Waals surface area (Å²) >= 11 is 0. The molecule has 1 heterocycles. The van der Waals surface area contributed by atoms with Gasteiger partial charge in [0.1, 0.15) is 0 Å². The number of aryl methyl sites for hydroxylation is 1. The van der Waals surface area contributed by atoms with Gasteiger partial charge in [-0.25, -0.2) is 0 Å². The van der Waals surface area contributed by atoms with Crippen molar-refractivity contribution in [2.24, 2.45) is 0 Å². The van der Waals surface area contributed by atoms with Gasteiger partial charge in [0.05, 0.1) is 0 Å². The maximum atomic E-state index is 3.47. The molecule has 0 amide bonds. The van der Waals surface area contributed by atoms with Gasteiger partial charge in [-0.15, -0.1) is 0 Å². The predicted molar refractivity (Wildman–Crippen MR) is 88.2 cm³/mol. The third-order valence-electron chi connectivity index (χ3n) is 4.49. The summed E-state index contributed by atoms with van der Waals surface area (Å²) in [5.74, 6) is 0. The summed E-state index contributed by atoms with van der Waals surface area (Å²) in [4.78, 5) is 2.53. The molecule has 21 heavy (non-hydrogen) atoms. The third kappa shape index (κ3) is 3.17. The summed E-state index contributed by atoms with van der Waals surface area (Å²) < 4.78 is 0. The SMILES string of the molecule is CCc1ccc(C(CN2Cc3ccccc3C2)NC)cc1. The Morgan fingerprint density at radius 2 is 1.62 bits per heavy atom. The number of hydrogen-bond acceptors (Lipinski definition) is 2. The third-order valence-corrected chi connectivity index (χ3v) is 4.49. The fourth-order valence-electron chi connectivity index (χ4n) is 3.14. The van der Waals surface area contributed by atoms with Gasteiger partial charge in [0.25, 0.3) is 0 Å². The number of benzene rings is 2. The molecule has 0 aliphatic carbocycles. The molecule has 2 nitrogen and oxygen atoms in total. The minimum absolute atomic E-state index is 0.394. The number of hydrogen-bond donors (Lipinski definition) is 1. The lowest BCUT2D eigenvalue weighted by Crippen LogP contribution is -2.30. The molecule has 1 aliphatic rings. The van der Waals surface area contributed by atoms with Crippen molar-refractivity contribution in [3.05, 3.63) is 70.8 Å². The molecule has 110 valence electrons. The van der Waals surface area contributed by atoms with Crippen molar-refractivity contribution in [1.82, 2.24) is 10.2 Å². The molecule has 0 saturated carbocycles. The van der Waals surface area contributed by atoms with Gasteiger partial charge in [0.2, 0.25) is 0 Å². The lowest BCUT2D eigenvalue weighted by atomic mass is 10.0. The molecule has 0 saturated heterocycles. The molecule has 3 rings (SSSR count). The Kier molecular flexibility index (Phi) is 4.37. The first kappa shape index (κ1) is 14.3. The van der Waals surface area contributed by atoms with Crippen LogP contribution < -0.4 is 5.32 Å². The van der Waals surface area contributed by atoms with Gasteiger partial charge in [-0.1, -0.05) is 55.5 Å². The van der Waals surface area contributed by atoms with Crippen LogP contribution in [0.2, 0.25) is 0 Å². The van der Waals surface area contributed by atoms with Crippen molar-refractivity contribution in [1.29, 1.82) is 0 Å². The van der Waals surface area contributed by atoms with E-state index in [1.165, 1.54) is 22.3 Å². The number of rotatable bonds is 5. The number of nitrogens with zero attached hydrogens (tertiary/aromatic N) is 1. The van der Waals surface area contributed by atoms with Crippen molar-refractivity contribution in [2.45, 2.75) is 32.5 Å². The average Bonchev–Trinajstić information content (AvgIpc) is 2.95. The van der Waals surface area contributed by atoms with Gasteiger partial charge in [-0.2, -0.15) is 0 Å². The van der Waals surface area contributed by atoms with Crippen molar-refractivity contribution < 1.29 is 0 Å². The van der Waals surface area contributed by atoms with Crippen LogP contribution in [-0.2, 0) is 19.5 Å². The van der Waals surface area contributed by atoms with E-state index in [1.54, 1.807) is 0 Å². The predicted octanol–water partition coefficient (Wildman–Crippen LogP) is 3.53. The normalized spacial score (nSPS) is 15.9. The molecule has 0 spiro atoms. The zero-order valence-electron chi connectivity index (χ0n) is 13.0. The smallest absolute Gasteiger partial charge is 0.0447 e. The molecular formula is C19H24N2. The molecule has 1 atom stereocenters. The van der Waals surface area contributed by atoms with Gasteiger partial charge < -0.3 is 5.32 Å². The molecule has 1 N–H and O–H groups in total. The second kappa shape index (κ2) is 6.42. The van der Waals surface area contributed by atoms with E-state index in [2.05, 4.69) is 72.7 Å². The van der Waals surface area contributed by atoms with Crippen LogP contribution >= 0.6 is 0 Å². The van der Waals surface area contributed by atoms with Crippen LogP contribution in [0, 0.1) is 0 Å². The Morgan fingerprint density at radius 3 is 2.14 bits per heavy atom. The Morgan fingerprint density at radius 1 is 1.00 bits per heavy atom. The maximum absolute atomic E-state index is 3.47. The molecule has 0 aromatic heterocycles. The van der Waals surface area contributed by atoms with E-state index >= 15 is 0 Å². The first-order chi connectivity index (χ1) is 10.3. The van der Waals surface area contributed by atoms with E-state index in [1.807, 2.05) is 0 Å². The summed E-state index contributed by atoms with van der Waals surface area (Å²) in [5, 5.41) is 3.47. The van der Waals surface area contributed by atoms with E-state index in [-0.39, 0.29) is 0 Å². The second-order valence-corrected chi connectivity index (χ2v) is 5.87. The highest BCUT2D eigenvalue weighted by Gasteiger charge is 2.21. The molecule has 1 unspecified atom stereocenters. The van der Waals surface area contributed by atoms with Gasteiger partial charge in [-0.05, 0) is 35.7 Å². The lowest BCUT2D eigenvalue weighted by Gasteiger charge is -2.23. The fraction of sp³-hybridized carbons (Fsp3) is 0.368. The van der Waals surface area contributed by atoms with E-state index < -0.39 is 0 Å². The first-order valence-electron chi connectivity index (χ1n) is 7.85. The van der Waals surface area contributed by atoms with Crippen molar-refractivity contribution in [2.75, 3.05) is 13.6 Å². The van der Waals surface area contributed by atoms with Gasteiger partial charge in [-0.3, -0.25) is 4.90 Å². The van der Waals surface area contributed by atoms with Crippen LogP contribution in [-0.4, -0.2) is 18.5 Å². The standard InChI is InChI=1S/C19H24N2/c1-3-15-8-10-16(11-9-15)19(20-2)14-21-12-17-6-4-5-7-18(17)13-21/h4-11,19-20H,3,12-14H2,1-2H3. The van der Waals surface area contributed by atoms with Crippen LogP contribution in [0.4, 0.5) is 0 Å². The lowest BCUT2D eigenvalue weighted by molar-refractivity contribution is 0.253. The number of nitrogens with one attached hydrogen (secondary N) is 1. The van der Waals surface area contributed by atoms with Crippen LogP contribution in [0.15, 0.2) is 48.5 Å². The second-order valence-electron chi connectivity index (χ2n) is 5.87. The monoisotopic (exact) mass is 280 g/mol. The van der Waals surface area contributed by atoms with Gasteiger partial charge in [0, 0.05) is 25.7 Å². The molecule has 0 fully saturated rings. The first-order valence-corrected chi connectivity index (χ1v) is 7.85. The van der Waals surface area contributed by atoms with E-state index in [4.69, 9.17) is 0 Å². The van der Waals surface area contributed by atoms with E-state index in [9.17, 15) is 0 Å². The highest BCUT2D eigenvalue weighted by molar-refractivity contribution is 5.31. The Balaban J connectivity index is 1.68. The zero-order chi connectivity index (χ0) is 14.7. The summed E-state index contributed by atoms with van der Waals surface area (Å²) in [6, 6.07) is 18.2. The molecule has 0 bridgehead atoms. The maximum Gasteiger partial charge on any atom is 0.0447 e. The largest absolute Gasteiger partial charge is 0.312 e. The van der Waals surface area contributed by atoms with Crippen molar-refractivity contribution in [3.8, 4) is 0 Å². The number of fused-ring (bicyclic) bond motifs is 1. The Labute approximate surface area is 127 Å². The van der Waals surface area contributed by atoms with Crippen LogP contribution in [0.5, 0.6) is 0 Å². The Hall–Kier alpha value is -1.64. The van der Waals surface area contributed by atoms with Crippen LogP contribution in [0.1, 0.15) is 35.2 Å². The summed E-state index contributed by atoms with van der Waals surface area (Å²) in [6.07, 6.45) is 1.10. The zero-order valence-corrected chi connectivity index (χ0v) is 13.0. The molecule has 2 aromatic rings. The molecule has 2 heteroatoms. The molecule has 2 aromatic carbocycles. The van der Waals surface area contributed by atoms with Crippen molar-refractivity contribution in [3.63, 3.8) is 0 Å². The molecule has 0 radical (unpaired) electrons. The summed E-state index contributed by atoms with van der Waals surface area (Å²) in [5.41, 5.74) is 5.75. The quantitative estimate of drug-likeness (QED) is 0.901. The molecule has 1 aliphatic heterocycles. The fourth-order valence-corrected chi connectivity index (χ4v) is 3.14. The number of likely N-dealkylation sites (N-methyl/N-ethyl adjacent to an activating group) is 1. The van der Waals surface area contributed by atoms with Gasteiger partial charge in [0.15, 0.2) is 0 Å². The van der Waals surface area contributed by atoms with E-state index in [0.717, 1.165) is 26.1 Å². The topological polar surface area (TPSA) is 15.3 Å². The van der Waals surface area contributed by atoms with Crippen molar-refractivity contribution >= 4 is 0 Å². The van der Waals surface area contributed by atoms with E-state index in [0.29, 0.717) is 6.04 Å². The highest BCUT2D eigenvalue weighted by atomic mass is 15.2. The van der Waals surface area contributed by atoms with Gasteiger partial charge >= 0.3 is 0 Å². The summed E-state index contributed by atoms with van der Waals surface area (Å²) in [6.45, 7) is 5.39. The molecular weight excluding hydrogens is 256 g/mol. The minimum atomic E-state index is 0.394. The van der Waals surface area contributed by atoms with Crippen LogP contribution in [0.25, 0.3) is 0 Å². The van der Waals surface area contributed by atoms with Crippen LogP contribution in [0.3, 0.4) is 0 Å².